The lowest BCUT2D eigenvalue weighted by molar-refractivity contribution is -0.269. The van der Waals surface area contributed by atoms with Crippen molar-refractivity contribution in [2.75, 3.05) is 0 Å². The Balaban J connectivity index is 3.17. The van der Waals surface area contributed by atoms with Crippen molar-refractivity contribution in [2.45, 2.75) is 6.92 Å². The molecule has 1 aromatic carbocycles. The average Bonchev–Trinajstić information content (AvgIpc) is 1.80. The fourth-order valence-electron chi connectivity index (χ4n) is 0.613. The van der Waals surface area contributed by atoms with Crippen LogP contribution in [-0.4, -0.2) is 0 Å². The highest BCUT2D eigenvalue weighted by atomic mass is 127. The second-order valence-corrected chi connectivity index (χ2v) is 3.16. The number of aryl methyl sites for hydroxylation is 1. The average molecular weight is 233 g/mol. The maximum Gasteiger partial charge on any atom is 0.0132 e. The Morgan fingerprint density at radius 2 is 2.11 bits per heavy atom. The quantitative estimate of drug-likeness (QED) is 0.625. The third-order valence-corrected chi connectivity index (χ3v) is 1.81. The van der Waals surface area contributed by atoms with E-state index in [1.165, 1.54) is 0 Å². The van der Waals surface area contributed by atoms with Crippen molar-refractivity contribution < 1.29 is 5.11 Å². The Morgan fingerprint density at radius 1 is 1.44 bits per heavy atom. The van der Waals surface area contributed by atoms with Crippen molar-refractivity contribution in [3.8, 4) is 5.75 Å². The molecule has 0 fully saturated rings. The molecule has 0 heterocycles. The third-order valence-electron chi connectivity index (χ3n) is 1.14. The molecule has 0 aliphatic heterocycles. The number of halogens is 1. The molecule has 0 saturated carbocycles. The Bertz CT molecular complexity index is 220. The van der Waals surface area contributed by atoms with Gasteiger partial charge in [-0.3, -0.25) is 0 Å². The normalized spacial score (nSPS) is 9.56. The van der Waals surface area contributed by atoms with Crippen LogP contribution in [0.15, 0.2) is 18.2 Å². The van der Waals surface area contributed by atoms with Crippen LogP contribution < -0.4 is 5.11 Å². The van der Waals surface area contributed by atoms with Crippen molar-refractivity contribution in [1.82, 2.24) is 0 Å². The predicted octanol–water partition coefficient (Wildman–Crippen LogP) is 1.67. The van der Waals surface area contributed by atoms with E-state index in [2.05, 4.69) is 22.6 Å². The van der Waals surface area contributed by atoms with Crippen LogP contribution in [0, 0.1) is 10.5 Å². The summed E-state index contributed by atoms with van der Waals surface area (Å²) in [7, 11) is 0. The lowest BCUT2D eigenvalue weighted by atomic mass is 10.2. The van der Waals surface area contributed by atoms with E-state index < -0.39 is 0 Å². The highest BCUT2D eigenvalue weighted by molar-refractivity contribution is 14.1. The van der Waals surface area contributed by atoms with Gasteiger partial charge in [-0.15, -0.1) is 5.75 Å². The summed E-state index contributed by atoms with van der Waals surface area (Å²) < 4.78 is 1.12. The molecular formula is C7H6IO-. The fraction of sp³-hybridized carbons (Fsp3) is 0.143. The van der Waals surface area contributed by atoms with Crippen LogP contribution in [0.5, 0.6) is 5.75 Å². The zero-order valence-electron chi connectivity index (χ0n) is 5.02. The monoisotopic (exact) mass is 233 g/mol. The van der Waals surface area contributed by atoms with Crippen molar-refractivity contribution in [2.24, 2.45) is 0 Å². The van der Waals surface area contributed by atoms with E-state index in [0.29, 0.717) is 0 Å². The first-order chi connectivity index (χ1) is 4.20. The number of benzene rings is 1. The number of hydrogen-bond acceptors (Lipinski definition) is 1. The molecule has 0 spiro atoms. The summed E-state index contributed by atoms with van der Waals surface area (Å²) in [6.45, 7) is 1.82. The highest BCUT2D eigenvalue weighted by Gasteiger charge is 1.86. The molecule has 0 atom stereocenters. The highest BCUT2D eigenvalue weighted by Crippen LogP contribution is 2.14. The minimum atomic E-state index is 0.121. The van der Waals surface area contributed by atoms with Gasteiger partial charge in [-0.05, 0) is 41.6 Å². The summed E-state index contributed by atoms with van der Waals surface area (Å²) >= 11 is 2.18. The van der Waals surface area contributed by atoms with Gasteiger partial charge < -0.3 is 5.11 Å². The molecule has 0 radical (unpaired) electrons. The molecule has 1 rings (SSSR count). The van der Waals surface area contributed by atoms with Crippen molar-refractivity contribution >= 4 is 22.6 Å². The second kappa shape index (κ2) is 2.56. The number of rotatable bonds is 0. The number of hydrogen-bond donors (Lipinski definition) is 0. The Kier molecular flexibility index (Phi) is 1.95. The van der Waals surface area contributed by atoms with Crippen LogP contribution in [0.1, 0.15) is 5.56 Å². The minimum absolute atomic E-state index is 0.121. The molecule has 0 bridgehead atoms. The fourth-order valence-corrected chi connectivity index (χ4v) is 1.26. The molecule has 9 heavy (non-hydrogen) atoms. The standard InChI is InChI=1S/C7H7IO/c1-5-4-6(8)2-3-7(5)9/h2-4,9H,1H3/p-1. The van der Waals surface area contributed by atoms with Crippen molar-refractivity contribution in [3.05, 3.63) is 27.3 Å². The molecule has 2 heteroatoms. The Labute approximate surface area is 67.9 Å². The van der Waals surface area contributed by atoms with Gasteiger partial charge in [0.05, 0.1) is 0 Å². The van der Waals surface area contributed by atoms with Gasteiger partial charge in [0.15, 0.2) is 0 Å². The zero-order valence-corrected chi connectivity index (χ0v) is 7.18. The van der Waals surface area contributed by atoms with Gasteiger partial charge >= 0.3 is 0 Å². The van der Waals surface area contributed by atoms with Crippen LogP contribution in [0.3, 0.4) is 0 Å². The summed E-state index contributed by atoms with van der Waals surface area (Å²) in [6, 6.07) is 5.29. The summed E-state index contributed by atoms with van der Waals surface area (Å²) in [6.07, 6.45) is 0. The molecule has 48 valence electrons. The maximum atomic E-state index is 10.8. The summed E-state index contributed by atoms with van der Waals surface area (Å²) in [4.78, 5) is 0. The first-order valence-corrected chi connectivity index (χ1v) is 3.71. The molecule has 0 aliphatic rings. The second-order valence-electron chi connectivity index (χ2n) is 1.91. The van der Waals surface area contributed by atoms with Gasteiger partial charge in [-0.1, -0.05) is 11.6 Å². The summed E-state index contributed by atoms with van der Waals surface area (Å²) in [5.74, 6) is 0.121. The summed E-state index contributed by atoms with van der Waals surface area (Å²) in [5.41, 5.74) is 0.821. The topological polar surface area (TPSA) is 23.1 Å². The van der Waals surface area contributed by atoms with Crippen molar-refractivity contribution in [1.29, 1.82) is 0 Å². The third kappa shape index (κ3) is 1.58. The van der Waals surface area contributed by atoms with Crippen molar-refractivity contribution in [3.63, 3.8) is 0 Å². The van der Waals surface area contributed by atoms with Gasteiger partial charge in [0.25, 0.3) is 0 Å². The molecule has 0 aliphatic carbocycles. The molecule has 1 nitrogen and oxygen atoms in total. The van der Waals surface area contributed by atoms with Gasteiger partial charge in [-0.25, -0.2) is 0 Å². The van der Waals surface area contributed by atoms with E-state index >= 15 is 0 Å². The largest absolute Gasteiger partial charge is 0.872 e. The molecule has 1 aromatic rings. The van der Waals surface area contributed by atoms with E-state index in [9.17, 15) is 5.11 Å². The van der Waals surface area contributed by atoms with Crippen LogP contribution in [0.4, 0.5) is 0 Å². The molecule has 0 unspecified atom stereocenters. The van der Waals surface area contributed by atoms with E-state index in [-0.39, 0.29) is 5.75 Å². The molecule has 0 amide bonds. The lowest BCUT2D eigenvalue weighted by Crippen LogP contribution is -1.92. The Hall–Kier alpha value is -0.250. The smallest absolute Gasteiger partial charge is 0.0132 e. The Morgan fingerprint density at radius 3 is 2.56 bits per heavy atom. The van der Waals surface area contributed by atoms with Crippen LogP contribution in [0.2, 0.25) is 0 Å². The first-order valence-electron chi connectivity index (χ1n) is 2.63. The molecule has 0 N–H and O–H groups in total. The molecule has 0 aromatic heterocycles. The van der Waals surface area contributed by atoms with E-state index in [4.69, 9.17) is 0 Å². The van der Waals surface area contributed by atoms with Crippen LogP contribution in [0.25, 0.3) is 0 Å². The van der Waals surface area contributed by atoms with E-state index in [1.807, 2.05) is 19.1 Å². The van der Waals surface area contributed by atoms with Crippen LogP contribution in [-0.2, 0) is 0 Å². The van der Waals surface area contributed by atoms with Gasteiger partial charge in [0.1, 0.15) is 0 Å². The SMILES string of the molecule is Cc1cc(I)ccc1[O-]. The van der Waals surface area contributed by atoms with Gasteiger partial charge in [-0.2, -0.15) is 0 Å². The summed E-state index contributed by atoms with van der Waals surface area (Å²) in [5, 5.41) is 10.8. The van der Waals surface area contributed by atoms with Gasteiger partial charge in [0, 0.05) is 3.57 Å². The first kappa shape index (κ1) is 6.86. The van der Waals surface area contributed by atoms with E-state index in [0.717, 1.165) is 9.13 Å². The van der Waals surface area contributed by atoms with E-state index in [1.54, 1.807) is 6.07 Å². The minimum Gasteiger partial charge on any atom is -0.872 e. The zero-order chi connectivity index (χ0) is 6.85. The maximum absolute atomic E-state index is 10.8. The van der Waals surface area contributed by atoms with Gasteiger partial charge in [0.2, 0.25) is 0 Å². The lowest BCUT2D eigenvalue weighted by Gasteiger charge is -2.08. The molecular weight excluding hydrogens is 227 g/mol. The predicted molar refractivity (Wildman–Crippen MR) is 43.3 cm³/mol. The molecule has 0 saturated heterocycles. The van der Waals surface area contributed by atoms with Crippen LogP contribution >= 0.6 is 22.6 Å².